The van der Waals surface area contributed by atoms with Crippen molar-refractivity contribution in [3.05, 3.63) is 18.2 Å². The maximum atomic E-state index is 12.9. The highest BCUT2D eigenvalue weighted by atomic mass is 19.3. The van der Waals surface area contributed by atoms with E-state index < -0.39 is 18.6 Å². The first-order chi connectivity index (χ1) is 10.1. The second-order valence-corrected chi connectivity index (χ2v) is 5.90. The Morgan fingerprint density at radius 2 is 2.19 bits per heavy atom. The number of carboxylic acid groups (broad SMARTS) is 1. The number of hydrogen-bond acceptors (Lipinski definition) is 3. The molecule has 0 amide bonds. The van der Waals surface area contributed by atoms with Gasteiger partial charge in [-0.2, -0.15) is 8.78 Å². The molecule has 7 heteroatoms. The number of alkyl halides is 2. The van der Waals surface area contributed by atoms with Crippen LogP contribution in [0.5, 0.6) is 0 Å². The van der Waals surface area contributed by atoms with Gasteiger partial charge in [-0.25, -0.2) is 4.98 Å². The van der Waals surface area contributed by atoms with Crippen LogP contribution in [0.1, 0.15) is 44.5 Å². The lowest BCUT2D eigenvalue weighted by Crippen LogP contribution is -2.42. The summed E-state index contributed by atoms with van der Waals surface area (Å²) in [5.74, 6) is -0.253. The third-order valence-corrected chi connectivity index (χ3v) is 4.79. The van der Waals surface area contributed by atoms with E-state index in [9.17, 15) is 18.7 Å². The summed E-state index contributed by atoms with van der Waals surface area (Å²) in [5.41, 5.74) is 0. The van der Waals surface area contributed by atoms with Gasteiger partial charge in [0.25, 0.3) is 0 Å². The Kier molecular flexibility index (Phi) is 3.93. The molecule has 1 N–H and O–H groups in total. The number of aromatic nitrogens is 2. The molecule has 21 heavy (non-hydrogen) atoms. The molecule has 2 heterocycles. The largest absolute Gasteiger partial charge is 0.480 e. The van der Waals surface area contributed by atoms with E-state index in [-0.39, 0.29) is 18.4 Å². The van der Waals surface area contributed by atoms with E-state index in [1.54, 1.807) is 0 Å². The molecular formula is C14H19F2N3O2. The number of nitrogens with zero attached hydrogens (tertiary/aromatic N) is 3. The predicted molar refractivity (Wildman–Crippen MR) is 70.8 cm³/mol. The van der Waals surface area contributed by atoms with Crippen molar-refractivity contribution >= 4 is 5.97 Å². The van der Waals surface area contributed by atoms with Gasteiger partial charge in [-0.1, -0.05) is 12.8 Å². The van der Waals surface area contributed by atoms with Gasteiger partial charge in [-0.3, -0.25) is 14.3 Å². The molecule has 116 valence electrons. The molecule has 0 bridgehead atoms. The monoisotopic (exact) mass is 299 g/mol. The highest BCUT2D eigenvalue weighted by molar-refractivity contribution is 5.74. The Morgan fingerprint density at radius 1 is 1.43 bits per heavy atom. The van der Waals surface area contributed by atoms with Gasteiger partial charge in [0.15, 0.2) is 0 Å². The number of imidazole rings is 1. The molecule has 5 nitrogen and oxygen atoms in total. The van der Waals surface area contributed by atoms with Crippen LogP contribution in [0.25, 0.3) is 0 Å². The van der Waals surface area contributed by atoms with Gasteiger partial charge in [0, 0.05) is 18.4 Å². The van der Waals surface area contributed by atoms with E-state index >= 15 is 0 Å². The fourth-order valence-electron chi connectivity index (χ4n) is 3.83. The fourth-order valence-corrected chi connectivity index (χ4v) is 3.83. The normalized spacial score (nSPS) is 29.8. The number of likely N-dealkylation sites (tertiary alicyclic amines) is 1. The number of carboxylic acids is 1. The van der Waals surface area contributed by atoms with Gasteiger partial charge in [-0.15, -0.1) is 0 Å². The minimum Gasteiger partial charge on any atom is -0.480 e. The summed E-state index contributed by atoms with van der Waals surface area (Å²) >= 11 is 0. The van der Waals surface area contributed by atoms with Crippen LogP contribution in [0, 0.1) is 5.92 Å². The predicted octanol–water partition coefficient (Wildman–Crippen LogP) is 2.50. The second-order valence-electron chi connectivity index (χ2n) is 5.90. The zero-order valence-electron chi connectivity index (χ0n) is 11.7. The molecular weight excluding hydrogens is 280 g/mol. The van der Waals surface area contributed by atoms with Crippen molar-refractivity contribution < 1.29 is 18.7 Å². The molecule has 0 radical (unpaired) electrons. The zero-order valence-corrected chi connectivity index (χ0v) is 11.7. The van der Waals surface area contributed by atoms with Crippen LogP contribution in [-0.4, -0.2) is 37.6 Å². The van der Waals surface area contributed by atoms with Crippen molar-refractivity contribution in [3.8, 4) is 0 Å². The van der Waals surface area contributed by atoms with Crippen LogP contribution in [-0.2, 0) is 11.3 Å². The summed E-state index contributed by atoms with van der Waals surface area (Å²) in [5, 5.41) is 9.42. The van der Waals surface area contributed by atoms with E-state index in [0.29, 0.717) is 12.3 Å². The lowest BCUT2D eigenvalue weighted by atomic mass is 9.85. The first-order valence-electron chi connectivity index (χ1n) is 7.36. The zero-order chi connectivity index (χ0) is 15.0. The summed E-state index contributed by atoms with van der Waals surface area (Å²) in [6.07, 6.45) is 7.39. The van der Waals surface area contributed by atoms with Crippen molar-refractivity contribution in [3.63, 3.8) is 0 Å². The minimum absolute atomic E-state index is 0.176. The fraction of sp³-hybridized carbons (Fsp3) is 0.714. The Morgan fingerprint density at radius 3 is 2.90 bits per heavy atom. The molecule has 3 unspecified atom stereocenters. The SMILES string of the molecule is O=C(O)C1CC2CCCCC2N1Cc1nccn1C(F)F. The molecule has 1 aliphatic heterocycles. The van der Waals surface area contributed by atoms with Crippen molar-refractivity contribution in [2.24, 2.45) is 5.92 Å². The molecule has 1 aromatic rings. The first kappa shape index (κ1) is 14.4. The van der Waals surface area contributed by atoms with E-state index in [0.717, 1.165) is 30.3 Å². The molecule has 2 aliphatic rings. The molecule has 1 saturated heterocycles. The Bertz CT molecular complexity index is 520. The van der Waals surface area contributed by atoms with Gasteiger partial charge < -0.3 is 5.11 Å². The molecule has 0 spiro atoms. The van der Waals surface area contributed by atoms with E-state index in [1.165, 1.54) is 12.4 Å². The van der Waals surface area contributed by atoms with Crippen LogP contribution in [0.2, 0.25) is 0 Å². The van der Waals surface area contributed by atoms with Crippen LogP contribution < -0.4 is 0 Å². The third-order valence-electron chi connectivity index (χ3n) is 4.79. The van der Waals surface area contributed by atoms with Crippen LogP contribution in [0.15, 0.2) is 12.4 Å². The summed E-state index contributed by atoms with van der Waals surface area (Å²) < 4.78 is 26.6. The van der Waals surface area contributed by atoms with Crippen molar-refractivity contribution in [1.82, 2.24) is 14.5 Å². The van der Waals surface area contributed by atoms with Gasteiger partial charge in [0.2, 0.25) is 0 Å². The Balaban J connectivity index is 1.83. The van der Waals surface area contributed by atoms with E-state index in [1.807, 2.05) is 4.90 Å². The molecule has 0 aromatic carbocycles. The van der Waals surface area contributed by atoms with Gasteiger partial charge in [0.05, 0.1) is 6.54 Å². The van der Waals surface area contributed by atoms with Crippen LogP contribution in [0.3, 0.4) is 0 Å². The van der Waals surface area contributed by atoms with Gasteiger partial charge in [-0.05, 0) is 25.2 Å². The summed E-state index contributed by atoms with van der Waals surface area (Å²) in [6.45, 7) is -2.47. The average Bonchev–Trinajstić information content (AvgIpc) is 3.04. The number of carbonyl (C=O) groups is 1. The maximum absolute atomic E-state index is 12.9. The third kappa shape index (κ3) is 2.66. The smallest absolute Gasteiger partial charge is 0.320 e. The maximum Gasteiger partial charge on any atom is 0.320 e. The van der Waals surface area contributed by atoms with E-state index in [2.05, 4.69) is 4.98 Å². The van der Waals surface area contributed by atoms with Crippen molar-refractivity contribution in [2.45, 2.75) is 57.3 Å². The average molecular weight is 299 g/mol. The molecule has 1 aliphatic carbocycles. The molecule has 2 fully saturated rings. The Labute approximate surface area is 121 Å². The molecule has 3 rings (SSSR count). The highest BCUT2D eigenvalue weighted by Crippen LogP contribution is 2.40. The Hall–Kier alpha value is -1.50. The molecule has 3 atom stereocenters. The lowest BCUT2D eigenvalue weighted by molar-refractivity contribution is -0.143. The number of fused-ring (bicyclic) bond motifs is 1. The second kappa shape index (κ2) is 5.71. The quantitative estimate of drug-likeness (QED) is 0.928. The summed E-state index contributed by atoms with van der Waals surface area (Å²) in [6, 6.07) is -0.399. The number of halogens is 2. The minimum atomic E-state index is -2.64. The van der Waals surface area contributed by atoms with Gasteiger partial charge >= 0.3 is 12.5 Å². The summed E-state index contributed by atoms with van der Waals surface area (Å²) in [7, 11) is 0. The first-order valence-corrected chi connectivity index (χ1v) is 7.36. The molecule has 1 saturated carbocycles. The number of rotatable bonds is 4. The standard InChI is InChI=1S/C14H19F2N3O2/c15-14(16)18-6-5-17-12(18)8-19-10-4-2-1-3-9(10)7-11(19)13(20)21/h5-6,9-11,14H,1-4,7-8H2,(H,20,21). The number of aliphatic carboxylic acids is 1. The van der Waals surface area contributed by atoms with E-state index in [4.69, 9.17) is 0 Å². The number of hydrogen-bond donors (Lipinski definition) is 1. The lowest BCUT2D eigenvalue weighted by Gasteiger charge is -2.32. The topological polar surface area (TPSA) is 58.4 Å². The van der Waals surface area contributed by atoms with Crippen molar-refractivity contribution in [1.29, 1.82) is 0 Å². The van der Waals surface area contributed by atoms with Crippen LogP contribution >= 0.6 is 0 Å². The van der Waals surface area contributed by atoms with Crippen molar-refractivity contribution in [2.75, 3.05) is 0 Å². The molecule has 1 aromatic heterocycles. The van der Waals surface area contributed by atoms with Gasteiger partial charge in [0.1, 0.15) is 11.9 Å². The summed E-state index contributed by atoms with van der Waals surface area (Å²) in [4.78, 5) is 17.3. The van der Waals surface area contributed by atoms with Crippen LogP contribution in [0.4, 0.5) is 8.78 Å². The highest BCUT2D eigenvalue weighted by Gasteiger charge is 2.45.